The Kier molecular flexibility index (Phi) is 6.84. The largest absolute Gasteiger partial charge is 0.326 e. The highest BCUT2D eigenvalue weighted by atomic mass is 19.1. The van der Waals surface area contributed by atoms with Gasteiger partial charge in [0, 0.05) is 30.5 Å². The van der Waals surface area contributed by atoms with E-state index in [-0.39, 0.29) is 5.56 Å². The highest BCUT2D eigenvalue weighted by Crippen LogP contribution is 2.17. The number of anilines is 1. The van der Waals surface area contributed by atoms with Crippen LogP contribution in [0.5, 0.6) is 0 Å². The summed E-state index contributed by atoms with van der Waals surface area (Å²) in [7, 11) is 1.92. The molecule has 0 saturated heterocycles. The van der Waals surface area contributed by atoms with Crippen LogP contribution in [-0.4, -0.2) is 28.2 Å². The standard InChI is InChI=1S/C24H28FN5O/c1-15-9-10-16(2)22(13-15)27-24(28-23(31)19-7-6-8-20(25)14-19)26-12-11-21-17(3)29-30(5)18(21)4/h6-10,13-14H,11-12H2,1-5H3,(H2,26,27,28,31). The number of aliphatic imine (C=N–C) groups is 1. The second-order valence-electron chi connectivity index (χ2n) is 7.66. The van der Waals surface area contributed by atoms with E-state index in [4.69, 9.17) is 0 Å². The van der Waals surface area contributed by atoms with Crippen LogP contribution in [0.4, 0.5) is 10.1 Å². The fraction of sp³-hybridized carbons (Fsp3) is 0.292. The van der Waals surface area contributed by atoms with E-state index in [0.717, 1.165) is 33.8 Å². The zero-order chi connectivity index (χ0) is 22.5. The number of amides is 1. The number of hydrogen-bond acceptors (Lipinski definition) is 3. The van der Waals surface area contributed by atoms with E-state index < -0.39 is 11.7 Å². The van der Waals surface area contributed by atoms with Gasteiger partial charge in [-0.05, 0) is 75.1 Å². The molecule has 0 spiro atoms. The van der Waals surface area contributed by atoms with E-state index in [1.165, 1.54) is 18.2 Å². The molecule has 1 aromatic heterocycles. The van der Waals surface area contributed by atoms with Crippen molar-refractivity contribution in [2.75, 3.05) is 11.9 Å². The van der Waals surface area contributed by atoms with Crippen LogP contribution >= 0.6 is 0 Å². The fourth-order valence-corrected chi connectivity index (χ4v) is 3.38. The molecule has 0 unspecified atom stereocenters. The maximum Gasteiger partial charge on any atom is 0.258 e. The van der Waals surface area contributed by atoms with Crippen molar-refractivity contribution in [2.24, 2.45) is 12.0 Å². The van der Waals surface area contributed by atoms with Crippen LogP contribution in [0.2, 0.25) is 0 Å². The molecule has 31 heavy (non-hydrogen) atoms. The summed E-state index contributed by atoms with van der Waals surface area (Å²) in [6.45, 7) is 8.45. The third-order valence-electron chi connectivity index (χ3n) is 5.26. The molecule has 7 heteroatoms. The lowest BCUT2D eigenvalue weighted by Crippen LogP contribution is -2.36. The van der Waals surface area contributed by atoms with Gasteiger partial charge in [0.05, 0.1) is 5.69 Å². The maximum absolute atomic E-state index is 13.5. The summed E-state index contributed by atoms with van der Waals surface area (Å²) in [4.78, 5) is 17.3. The van der Waals surface area contributed by atoms with Crippen molar-refractivity contribution < 1.29 is 9.18 Å². The monoisotopic (exact) mass is 421 g/mol. The number of carbonyl (C=O) groups excluding carboxylic acids is 1. The van der Waals surface area contributed by atoms with Gasteiger partial charge in [0.1, 0.15) is 5.82 Å². The number of carbonyl (C=O) groups is 1. The van der Waals surface area contributed by atoms with E-state index in [1.807, 2.05) is 57.6 Å². The van der Waals surface area contributed by atoms with E-state index in [2.05, 4.69) is 20.7 Å². The summed E-state index contributed by atoms with van der Waals surface area (Å²) >= 11 is 0. The number of benzene rings is 2. The number of aryl methyl sites for hydroxylation is 4. The smallest absolute Gasteiger partial charge is 0.258 e. The molecule has 0 aliphatic rings. The predicted molar refractivity (Wildman–Crippen MR) is 122 cm³/mol. The molecule has 2 aromatic carbocycles. The first-order valence-corrected chi connectivity index (χ1v) is 10.2. The van der Waals surface area contributed by atoms with E-state index in [0.29, 0.717) is 18.9 Å². The summed E-state index contributed by atoms with van der Waals surface area (Å²) in [5, 5.41) is 10.5. The lowest BCUT2D eigenvalue weighted by atomic mass is 10.1. The molecular formula is C24H28FN5O. The summed E-state index contributed by atoms with van der Waals surface area (Å²) in [5.74, 6) is -0.567. The average molecular weight is 422 g/mol. The van der Waals surface area contributed by atoms with Crippen LogP contribution in [0.25, 0.3) is 0 Å². The lowest BCUT2D eigenvalue weighted by Gasteiger charge is -2.14. The van der Waals surface area contributed by atoms with Gasteiger partial charge in [-0.3, -0.25) is 19.8 Å². The second-order valence-corrected chi connectivity index (χ2v) is 7.66. The first-order valence-electron chi connectivity index (χ1n) is 10.2. The second kappa shape index (κ2) is 9.55. The third kappa shape index (κ3) is 5.57. The quantitative estimate of drug-likeness (QED) is 0.478. The summed E-state index contributed by atoms with van der Waals surface area (Å²) in [6.07, 6.45) is 0.694. The van der Waals surface area contributed by atoms with Crippen LogP contribution in [-0.2, 0) is 13.5 Å². The Bertz CT molecular complexity index is 1130. The molecule has 162 valence electrons. The van der Waals surface area contributed by atoms with Gasteiger partial charge in [0.15, 0.2) is 0 Å². The number of aromatic nitrogens is 2. The highest BCUT2D eigenvalue weighted by molar-refractivity contribution is 6.10. The van der Waals surface area contributed by atoms with E-state index in [1.54, 1.807) is 6.07 Å². The minimum atomic E-state index is -0.462. The first kappa shape index (κ1) is 22.2. The van der Waals surface area contributed by atoms with Crippen LogP contribution in [0.3, 0.4) is 0 Å². The van der Waals surface area contributed by atoms with Gasteiger partial charge in [0.25, 0.3) is 5.91 Å². The molecule has 0 fully saturated rings. The number of nitrogens with zero attached hydrogens (tertiary/aromatic N) is 3. The molecule has 1 heterocycles. The number of guanidine groups is 1. The Morgan fingerprint density at radius 1 is 1.13 bits per heavy atom. The normalized spacial score (nSPS) is 11.5. The number of rotatable bonds is 5. The molecule has 0 aliphatic carbocycles. The molecule has 1 amide bonds. The van der Waals surface area contributed by atoms with Crippen molar-refractivity contribution in [3.05, 3.63) is 81.9 Å². The average Bonchev–Trinajstić information content (AvgIpc) is 2.96. The van der Waals surface area contributed by atoms with Crippen molar-refractivity contribution in [3.63, 3.8) is 0 Å². The summed E-state index contributed by atoms with van der Waals surface area (Å²) in [6, 6.07) is 11.6. The molecular weight excluding hydrogens is 393 g/mol. The molecule has 0 saturated carbocycles. The molecule has 2 N–H and O–H groups in total. The van der Waals surface area contributed by atoms with Gasteiger partial charge in [0.2, 0.25) is 5.96 Å². The lowest BCUT2D eigenvalue weighted by molar-refractivity contribution is 0.0976. The Hall–Kier alpha value is -3.48. The zero-order valence-electron chi connectivity index (χ0n) is 18.6. The van der Waals surface area contributed by atoms with Crippen molar-refractivity contribution >= 4 is 17.6 Å². The Labute approximate surface area is 182 Å². The predicted octanol–water partition coefficient (Wildman–Crippen LogP) is 4.23. The van der Waals surface area contributed by atoms with Gasteiger partial charge >= 0.3 is 0 Å². The van der Waals surface area contributed by atoms with Gasteiger partial charge < -0.3 is 5.32 Å². The summed E-state index contributed by atoms with van der Waals surface area (Å²) < 4.78 is 15.4. The molecule has 0 aliphatic heterocycles. The number of nitrogens with one attached hydrogen (secondary N) is 2. The topological polar surface area (TPSA) is 71.3 Å². The van der Waals surface area contributed by atoms with Crippen LogP contribution in [0.15, 0.2) is 47.5 Å². The first-order chi connectivity index (χ1) is 14.7. The van der Waals surface area contributed by atoms with Crippen molar-refractivity contribution in [2.45, 2.75) is 34.1 Å². The van der Waals surface area contributed by atoms with Gasteiger partial charge in [-0.1, -0.05) is 18.2 Å². The van der Waals surface area contributed by atoms with E-state index >= 15 is 0 Å². The van der Waals surface area contributed by atoms with Crippen LogP contribution in [0, 0.1) is 33.5 Å². The van der Waals surface area contributed by atoms with Crippen molar-refractivity contribution in [1.29, 1.82) is 0 Å². The Morgan fingerprint density at radius 3 is 2.58 bits per heavy atom. The number of halogens is 1. The maximum atomic E-state index is 13.5. The molecule has 0 bridgehead atoms. The van der Waals surface area contributed by atoms with Crippen LogP contribution < -0.4 is 10.6 Å². The minimum Gasteiger partial charge on any atom is -0.326 e. The molecule has 0 atom stereocenters. The SMILES string of the molecule is Cc1ccc(C)c(NC(=NCCc2c(C)nn(C)c2C)NC(=O)c2cccc(F)c2)c1. The fourth-order valence-electron chi connectivity index (χ4n) is 3.38. The number of hydrogen-bond donors (Lipinski definition) is 2. The van der Waals surface area contributed by atoms with Gasteiger partial charge in [-0.2, -0.15) is 5.10 Å². The molecule has 0 radical (unpaired) electrons. The van der Waals surface area contributed by atoms with Crippen molar-refractivity contribution in [1.82, 2.24) is 15.1 Å². The molecule has 3 rings (SSSR count). The van der Waals surface area contributed by atoms with E-state index in [9.17, 15) is 9.18 Å². The Balaban J connectivity index is 1.83. The van der Waals surface area contributed by atoms with Crippen molar-refractivity contribution in [3.8, 4) is 0 Å². The molecule has 3 aromatic rings. The third-order valence-corrected chi connectivity index (χ3v) is 5.26. The van der Waals surface area contributed by atoms with Crippen LogP contribution in [0.1, 0.15) is 38.4 Å². The minimum absolute atomic E-state index is 0.231. The Morgan fingerprint density at radius 2 is 1.90 bits per heavy atom. The highest BCUT2D eigenvalue weighted by Gasteiger charge is 2.13. The molecule has 6 nitrogen and oxygen atoms in total. The zero-order valence-corrected chi connectivity index (χ0v) is 18.6. The van der Waals surface area contributed by atoms with Gasteiger partial charge in [-0.25, -0.2) is 4.39 Å². The van der Waals surface area contributed by atoms with Gasteiger partial charge in [-0.15, -0.1) is 0 Å². The summed E-state index contributed by atoms with van der Waals surface area (Å²) in [5.41, 5.74) is 6.42.